The predicted molar refractivity (Wildman–Crippen MR) is 331 cm³/mol. The molecule has 3 aliphatic carbocycles. The van der Waals surface area contributed by atoms with Crippen molar-refractivity contribution in [1.82, 2.24) is 0 Å². The summed E-state index contributed by atoms with van der Waals surface area (Å²) in [7, 11) is 0. The Bertz CT molecular complexity index is 3900. The van der Waals surface area contributed by atoms with Gasteiger partial charge in [0.05, 0.1) is 5.69 Å². The zero-order chi connectivity index (χ0) is 52.0. The summed E-state index contributed by atoms with van der Waals surface area (Å²) in [6, 6.07) is 90.9. The fraction of sp³-hybridized carbons (Fsp3) is 0.0811. The van der Waals surface area contributed by atoms with Gasteiger partial charge < -0.3 is 19.6 Å². The number of fused-ring (bicyclic) bond motifs is 2. The van der Waals surface area contributed by atoms with E-state index in [0.717, 1.165) is 95.3 Å². The van der Waals surface area contributed by atoms with E-state index in [0.29, 0.717) is 0 Å². The molecule has 0 aromatic heterocycles. The fourth-order valence-corrected chi connectivity index (χ4v) is 11.9. The van der Waals surface area contributed by atoms with E-state index in [1.54, 1.807) is 0 Å². The molecule has 0 atom stereocenters. The fourth-order valence-electron chi connectivity index (χ4n) is 11.9. The molecule has 10 aromatic carbocycles. The molecule has 0 unspecified atom stereocenters. The lowest BCUT2D eigenvalue weighted by Crippen LogP contribution is -2.38. The molecule has 4 nitrogen and oxygen atoms in total. The Morgan fingerprint density at radius 1 is 0.321 bits per heavy atom. The second-order valence-corrected chi connectivity index (χ2v) is 20.1. The van der Waals surface area contributed by atoms with Crippen molar-refractivity contribution in [2.45, 2.75) is 38.5 Å². The van der Waals surface area contributed by atoms with Crippen LogP contribution >= 0.6 is 0 Å². The largest absolute Gasteiger partial charge is 0.314 e. The standard InChI is InChI=1S/C74H60N4/c1-9-27-57(28-10-1)75(58-29-11-2-12-30-58)65-51-47-55(48-52-65)71-67-43-25-46-70(78(63-39-21-7-22-40-63)64-41-23-8-24-42-64)74(67)72(56-49-53-66(54-50-56)76(59-31-13-3-14-32-59)60-33-15-4-16-34-60)68-44-26-45-69(73(68)71)77(61-35-17-5-18-36-61)62-37-19-6-20-38-62/h1-3,5-15,17-23,25,27-41,43-44,46-54H,4,16,24,26,42,45H2. The molecule has 13 rings (SSSR count). The Balaban J connectivity index is 1.14. The van der Waals surface area contributed by atoms with E-state index < -0.39 is 0 Å². The lowest BCUT2D eigenvalue weighted by Gasteiger charge is -2.33. The van der Waals surface area contributed by atoms with Gasteiger partial charge in [-0.2, -0.15) is 0 Å². The molecule has 0 spiro atoms. The highest BCUT2D eigenvalue weighted by Crippen LogP contribution is 2.46. The lowest BCUT2D eigenvalue weighted by atomic mass is 9.84. The van der Waals surface area contributed by atoms with Crippen LogP contribution in [0, 0.1) is 0 Å². The number of nitrogens with zero attached hydrogens (tertiary/aromatic N) is 4. The number of rotatable bonds is 14. The van der Waals surface area contributed by atoms with Gasteiger partial charge in [0.15, 0.2) is 0 Å². The number of allylic oxidation sites excluding steroid dienone is 7. The first kappa shape index (κ1) is 48.0. The van der Waals surface area contributed by atoms with Crippen LogP contribution in [-0.4, -0.2) is 0 Å². The Morgan fingerprint density at radius 3 is 1.29 bits per heavy atom. The first-order chi connectivity index (χ1) is 38.8. The molecule has 0 aliphatic heterocycles. The summed E-state index contributed by atoms with van der Waals surface area (Å²) in [5.74, 6) is 0. The summed E-state index contributed by atoms with van der Waals surface area (Å²) < 4.78 is 0. The molecule has 0 saturated heterocycles. The molecular weight excluding hydrogens is 945 g/mol. The van der Waals surface area contributed by atoms with Crippen molar-refractivity contribution in [3.63, 3.8) is 0 Å². The quantitative estimate of drug-likeness (QED) is 0.108. The molecule has 4 heteroatoms. The molecule has 0 radical (unpaired) electrons. The van der Waals surface area contributed by atoms with E-state index in [9.17, 15) is 0 Å². The predicted octanol–water partition coefficient (Wildman–Crippen LogP) is 18.9. The van der Waals surface area contributed by atoms with Crippen LogP contribution in [-0.2, 0) is 0 Å². The topological polar surface area (TPSA) is 13.0 Å². The molecule has 78 heavy (non-hydrogen) atoms. The Hall–Kier alpha value is -9.64. The summed E-state index contributed by atoms with van der Waals surface area (Å²) in [5, 5.41) is 4.92. The van der Waals surface area contributed by atoms with Crippen LogP contribution in [0.3, 0.4) is 0 Å². The highest BCUT2D eigenvalue weighted by molar-refractivity contribution is 6.13. The van der Waals surface area contributed by atoms with Gasteiger partial charge in [0, 0.05) is 73.2 Å². The first-order valence-electron chi connectivity index (χ1n) is 27.5. The van der Waals surface area contributed by atoms with Crippen LogP contribution in [0.2, 0.25) is 0 Å². The van der Waals surface area contributed by atoms with Crippen molar-refractivity contribution in [1.29, 1.82) is 0 Å². The molecule has 376 valence electrons. The van der Waals surface area contributed by atoms with E-state index >= 15 is 0 Å². The van der Waals surface area contributed by atoms with Crippen LogP contribution in [0.4, 0.5) is 51.2 Å². The van der Waals surface area contributed by atoms with E-state index in [1.807, 2.05) is 0 Å². The molecule has 0 fully saturated rings. The van der Waals surface area contributed by atoms with Crippen LogP contribution in [0.25, 0.3) is 44.8 Å². The summed E-state index contributed by atoms with van der Waals surface area (Å²) >= 11 is 0. The van der Waals surface area contributed by atoms with Crippen LogP contribution in [0.15, 0.2) is 297 Å². The van der Waals surface area contributed by atoms with Gasteiger partial charge in [0.2, 0.25) is 0 Å². The number of anilines is 9. The second kappa shape index (κ2) is 21.9. The van der Waals surface area contributed by atoms with E-state index in [2.05, 4.69) is 311 Å². The second-order valence-electron chi connectivity index (χ2n) is 20.1. The van der Waals surface area contributed by atoms with Crippen molar-refractivity contribution in [3.05, 3.63) is 307 Å². The van der Waals surface area contributed by atoms with Gasteiger partial charge in [-0.3, -0.25) is 0 Å². The molecule has 0 saturated carbocycles. The van der Waals surface area contributed by atoms with Gasteiger partial charge in [-0.1, -0.05) is 176 Å². The number of hydrogen-bond donors (Lipinski definition) is 0. The maximum absolute atomic E-state index is 2.54. The van der Waals surface area contributed by atoms with Crippen molar-refractivity contribution < 1.29 is 0 Å². The molecule has 0 bridgehead atoms. The molecule has 0 N–H and O–H groups in total. The minimum absolute atomic E-state index is 0.852. The summed E-state index contributed by atoms with van der Waals surface area (Å²) in [4.78, 5) is 9.81. The smallest absolute Gasteiger partial charge is 0.0543 e. The van der Waals surface area contributed by atoms with Gasteiger partial charge in [0.25, 0.3) is 0 Å². The van der Waals surface area contributed by atoms with Crippen molar-refractivity contribution in [2.75, 3.05) is 19.6 Å². The minimum atomic E-state index is 0.852. The van der Waals surface area contributed by atoms with Gasteiger partial charge in [0.1, 0.15) is 0 Å². The monoisotopic (exact) mass is 1000 g/mol. The summed E-state index contributed by atoms with van der Waals surface area (Å²) in [6.45, 7) is 0. The van der Waals surface area contributed by atoms with Gasteiger partial charge in [-0.05, 0) is 187 Å². The third-order valence-electron chi connectivity index (χ3n) is 15.3. The maximum Gasteiger partial charge on any atom is 0.0543 e. The maximum atomic E-state index is 2.54. The zero-order valence-corrected chi connectivity index (χ0v) is 43.7. The summed E-state index contributed by atoms with van der Waals surface area (Å²) in [6.07, 6.45) is 22.0. The zero-order valence-electron chi connectivity index (χ0n) is 43.7. The number of benzene rings is 10. The van der Waals surface area contributed by atoms with Crippen LogP contribution < -0.4 is 30.0 Å². The van der Waals surface area contributed by atoms with Crippen molar-refractivity contribution in [2.24, 2.45) is 0 Å². The molecule has 0 amide bonds. The molecule has 3 aliphatic rings. The van der Waals surface area contributed by atoms with Gasteiger partial charge >= 0.3 is 0 Å². The Morgan fingerprint density at radius 2 is 0.795 bits per heavy atom. The van der Waals surface area contributed by atoms with E-state index in [4.69, 9.17) is 0 Å². The average Bonchev–Trinajstić information content (AvgIpc) is 3.63. The van der Waals surface area contributed by atoms with Gasteiger partial charge in [-0.15, -0.1) is 0 Å². The minimum Gasteiger partial charge on any atom is -0.314 e. The third kappa shape index (κ3) is 9.32. The Labute approximate surface area is 458 Å². The van der Waals surface area contributed by atoms with Crippen molar-refractivity contribution >= 4 is 73.7 Å². The molecule has 0 heterocycles. The van der Waals surface area contributed by atoms with Gasteiger partial charge in [-0.25, -0.2) is 0 Å². The average molecular weight is 1010 g/mol. The third-order valence-corrected chi connectivity index (χ3v) is 15.3. The number of para-hydroxylation sites is 6. The SMILES string of the molecule is C1=CCCC(N(c2ccccc2)c2cccc3c(-c4ccc(N(c5ccccc5)c5ccccc5)cc4)c4c(c(-c5ccc(N(C6=CCCC=C6)c6ccccc6)cc5)c23)=CCCC=4N(c2ccccc2)c2ccccc2)=C1. The first-order valence-corrected chi connectivity index (χ1v) is 27.5. The van der Waals surface area contributed by atoms with E-state index in [1.165, 1.54) is 55.0 Å². The Kier molecular flexibility index (Phi) is 13.5. The van der Waals surface area contributed by atoms with Crippen molar-refractivity contribution in [3.8, 4) is 22.3 Å². The van der Waals surface area contributed by atoms with Crippen LogP contribution in [0.1, 0.15) is 38.5 Å². The molecule has 10 aromatic rings. The highest BCUT2D eigenvalue weighted by Gasteiger charge is 2.28. The van der Waals surface area contributed by atoms with Crippen LogP contribution in [0.5, 0.6) is 0 Å². The lowest BCUT2D eigenvalue weighted by molar-refractivity contribution is 0.919. The summed E-state index contributed by atoms with van der Waals surface area (Å²) in [5.41, 5.74) is 18.7. The highest BCUT2D eigenvalue weighted by atomic mass is 15.2. The molecular formula is C74H60N4. The normalized spacial score (nSPS) is 13.7. The number of hydrogen-bond acceptors (Lipinski definition) is 4. The van der Waals surface area contributed by atoms with E-state index in [-0.39, 0.29) is 0 Å².